The number of hydrogen-bond acceptors (Lipinski definition) is 8. The largest absolute Gasteiger partial charge is 0.756 e. The zero-order chi connectivity index (χ0) is 45.7. The van der Waals surface area contributed by atoms with Gasteiger partial charge in [0.15, 0.2) is 6.10 Å². The van der Waals surface area contributed by atoms with E-state index < -0.39 is 32.5 Å². The molecule has 1 unspecified atom stereocenters. The predicted octanol–water partition coefficient (Wildman–Crippen LogP) is 12.6. The van der Waals surface area contributed by atoms with Gasteiger partial charge in [0, 0.05) is 12.8 Å². The summed E-state index contributed by atoms with van der Waals surface area (Å²) in [5, 5.41) is 0. The average molecular weight is 878 g/mol. The Morgan fingerprint density at radius 3 is 1.15 bits per heavy atom. The minimum Gasteiger partial charge on any atom is -0.756 e. The van der Waals surface area contributed by atoms with E-state index in [1.807, 2.05) is 45.4 Å². The van der Waals surface area contributed by atoms with Gasteiger partial charge < -0.3 is 27.9 Å². The minimum atomic E-state index is -4.68. The van der Waals surface area contributed by atoms with Gasteiger partial charge in [-0.05, 0) is 89.9 Å². The van der Waals surface area contributed by atoms with Crippen LogP contribution in [0.5, 0.6) is 0 Å². The first-order valence-electron chi connectivity index (χ1n) is 22.5. The first kappa shape index (κ1) is 57.9. The predicted molar refractivity (Wildman–Crippen MR) is 258 cm³/mol. The lowest BCUT2D eigenvalue weighted by Crippen LogP contribution is -2.37. The smallest absolute Gasteiger partial charge is 0.306 e. The SMILES string of the molecule is CC/C=C\C/C=C\C/C=C\C/C=C\C/C=C\C/C=C\CCC(=O)OC[C@H](COP(=O)([O-])OCC[N+](C)(C)C)OC(=O)CC/C=C\C/C=C\C/C=C\C/C=C\C/C=C\C/C=C\CC. The summed E-state index contributed by atoms with van der Waals surface area (Å²) in [6, 6.07) is 0. The maximum atomic E-state index is 12.7. The van der Waals surface area contributed by atoms with Crippen molar-refractivity contribution < 1.29 is 42.1 Å². The Morgan fingerprint density at radius 2 is 0.806 bits per heavy atom. The van der Waals surface area contributed by atoms with Crippen molar-refractivity contribution in [1.29, 1.82) is 0 Å². The molecular formula is C52H80NO8P. The van der Waals surface area contributed by atoms with Crippen LogP contribution in [0, 0.1) is 0 Å². The summed E-state index contributed by atoms with van der Waals surface area (Å²) in [5.41, 5.74) is 0. The quantitative estimate of drug-likeness (QED) is 0.0261. The van der Waals surface area contributed by atoms with Crippen LogP contribution in [0.25, 0.3) is 0 Å². The second-order valence-electron chi connectivity index (χ2n) is 15.3. The number of rotatable bonds is 38. The van der Waals surface area contributed by atoms with Gasteiger partial charge in [-0.3, -0.25) is 14.2 Å². The summed E-state index contributed by atoms with van der Waals surface area (Å²) >= 11 is 0. The van der Waals surface area contributed by atoms with Gasteiger partial charge >= 0.3 is 11.9 Å². The normalized spacial score (nSPS) is 14.9. The van der Waals surface area contributed by atoms with Crippen LogP contribution >= 0.6 is 7.82 Å². The number of phosphoric ester groups is 1. The third-order valence-electron chi connectivity index (χ3n) is 8.38. The molecule has 0 bridgehead atoms. The van der Waals surface area contributed by atoms with Crippen molar-refractivity contribution >= 4 is 19.8 Å². The molecular weight excluding hydrogens is 798 g/mol. The summed E-state index contributed by atoms with van der Waals surface area (Å²) in [6.07, 6.45) is 62.0. The zero-order valence-corrected chi connectivity index (χ0v) is 39.6. The number of nitrogens with zero attached hydrogens (tertiary/aromatic N) is 1. The van der Waals surface area contributed by atoms with E-state index in [1.165, 1.54) is 0 Å². The van der Waals surface area contributed by atoms with Crippen LogP contribution in [0.1, 0.15) is 117 Å². The lowest BCUT2D eigenvalue weighted by Gasteiger charge is -2.28. The van der Waals surface area contributed by atoms with Crippen LogP contribution in [-0.4, -0.2) is 70.0 Å². The fourth-order valence-electron chi connectivity index (χ4n) is 4.94. The lowest BCUT2D eigenvalue weighted by atomic mass is 10.2. The molecule has 0 aliphatic heterocycles. The third kappa shape index (κ3) is 45.4. The van der Waals surface area contributed by atoms with Crippen molar-refractivity contribution in [2.45, 2.75) is 123 Å². The first-order chi connectivity index (χ1) is 30.0. The summed E-state index contributed by atoms with van der Waals surface area (Å²) < 4.78 is 33.7. The van der Waals surface area contributed by atoms with E-state index >= 15 is 0 Å². The molecule has 0 aromatic heterocycles. The number of phosphoric acid groups is 1. The maximum Gasteiger partial charge on any atom is 0.306 e. The van der Waals surface area contributed by atoms with Crippen LogP contribution in [0.2, 0.25) is 0 Å². The number of likely N-dealkylation sites (N-methyl/N-ethyl adjacent to an activating group) is 1. The van der Waals surface area contributed by atoms with Crippen molar-refractivity contribution in [2.24, 2.45) is 0 Å². The Bertz CT molecular complexity index is 1550. The number of ether oxygens (including phenoxy) is 2. The molecule has 0 saturated carbocycles. The molecule has 0 aromatic carbocycles. The maximum absolute atomic E-state index is 12.7. The number of carbonyl (C=O) groups excluding carboxylic acids is 2. The highest BCUT2D eigenvalue weighted by Gasteiger charge is 2.21. The second-order valence-corrected chi connectivity index (χ2v) is 16.7. The number of carbonyl (C=O) groups is 2. The summed E-state index contributed by atoms with van der Waals surface area (Å²) in [4.78, 5) is 37.5. The molecule has 346 valence electrons. The fourth-order valence-corrected chi connectivity index (χ4v) is 5.67. The average Bonchev–Trinajstić information content (AvgIpc) is 3.23. The van der Waals surface area contributed by atoms with E-state index in [0.717, 1.165) is 77.0 Å². The monoisotopic (exact) mass is 878 g/mol. The van der Waals surface area contributed by atoms with E-state index in [-0.39, 0.29) is 26.1 Å². The highest BCUT2D eigenvalue weighted by molar-refractivity contribution is 7.45. The molecule has 0 aromatic rings. The molecule has 0 amide bonds. The van der Waals surface area contributed by atoms with Gasteiger partial charge in [0.25, 0.3) is 7.82 Å². The van der Waals surface area contributed by atoms with Crippen molar-refractivity contribution in [3.8, 4) is 0 Å². The highest BCUT2D eigenvalue weighted by atomic mass is 31.2. The first-order valence-corrected chi connectivity index (χ1v) is 24.0. The highest BCUT2D eigenvalue weighted by Crippen LogP contribution is 2.38. The molecule has 62 heavy (non-hydrogen) atoms. The van der Waals surface area contributed by atoms with Crippen molar-refractivity contribution in [1.82, 2.24) is 0 Å². The van der Waals surface area contributed by atoms with E-state index in [0.29, 0.717) is 23.9 Å². The number of quaternary nitrogens is 1. The fraction of sp³-hybridized carbons (Fsp3) is 0.500. The molecule has 0 aliphatic rings. The van der Waals surface area contributed by atoms with Gasteiger partial charge in [-0.1, -0.05) is 160 Å². The zero-order valence-electron chi connectivity index (χ0n) is 38.7. The van der Waals surface area contributed by atoms with E-state index in [2.05, 4.69) is 135 Å². The van der Waals surface area contributed by atoms with E-state index in [9.17, 15) is 19.0 Å². The van der Waals surface area contributed by atoms with Crippen LogP contribution in [-0.2, 0) is 32.7 Å². The van der Waals surface area contributed by atoms with Crippen LogP contribution in [0.4, 0.5) is 0 Å². The molecule has 0 N–H and O–H groups in total. The van der Waals surface area contributed by atoms with Gasteiger partial charge in [-0.25, -0.2) is 0 Å². The molecule has 0 saturated heterocycles. The summed E-state index contributed by atoms with van der Waals surface area (Å²) in [5.74, 6) is -1.05. The molecule has 0 heterocycles. The number of allylic oxidation sites excluding steroid dienone is 24. The van der Waals surface area contributed by atoms with Crippen molar-refractivity contribution in [3.63, 3.8) is 0 Å². The van der Waals surface area contributed by atoms with Crippen molar-refractivity contribution in [2.75, 3.05) is 47.5 Å². The van der Waals surface area contributed by atoms with Gasteiger partial charge in [0.1, 0.15) is 19.8 Å². The van der Waals surface area contributed by atoms with Crippen molar-refractivity contribution in [3.05, 3.63) is 146 Å². The molecule has 0 aliphatic carbocycles. The Kier molecular flexibility index (Phi) is 39.4. The molecule has 10 heteroatoms. The van der Waals surface area contributed by atoms with Crippen LogP contribution in [0.15, 0.2) is 146 Å². The Labute approximate surface area is 376 Å². The number of hydrogen-bond donors (Lipinski definition) is 0. The Hall–Kier alpha value is -4.11. The molecule has 0 rings (SSSR count). The molecule has 0 spiro atoms. The molecule has 9 nitrogen and oxygen atoms in total. The van der Waals surface area contributed by atoms with E-state index in [1.54, 1.807) is 0 Å². The molecule has 2 atom stereocenters. The molecule has 0 fully saturated rings. The summed E-state index contributed by atoms with van der Waals surface area (Å²) in [7, 11) is 1.05. The molecule has 0 radical (unpaired) electrons. The Balaban J connectivity index is 4.63. The van der Waals surface area contributed by atoms with Gasteiger partial charge in [0.2, 0.25) is 0 Å². The van der Waals surface area contributed by atoms with Gasteiger partial charge in [-0.2, -0.15) is 0 Å². The topological polar surface area (TPSA) is 111 Å². The lowest BCUT2D eigenvalue weighted by molar-refractivity contribution is -0.870. The van der Waals surface area contributed by atoms with Gasteiger partial charge in [-0.15, -0.1) is 0 Å². The van der Waals surface area contributed by atoms with Crippen LogP contribution < -0.4 is 4.89 Å². The third-order valence-corrected chi connectivity index (χ3v) is 9.35. The van der Waals surface area contributed by atoms with E-state index in [4.69, 9.17) is 18.5 Å². The number of esters is 2. The summed E-state index contributed by atoms with van der Waals surface area (Å²) in [6.45, 7) is 3.78. The van der Waals surface area contributed by atoms with Crippen LogP contribution in [0.3, 0.4) is 0 Å². The Morgan fingerprint density at radius 1 is 0.484 bits per heavy atom. The second kappa shape index (κ2) is 42.2. The standard InChI is InChI=1S/C52H80NO8P/c1-6-8-10-12-14-16-18-20-22-24-26-28-30-32-34-36-38-40-42-44-51(54)58-48-50(49-60-62(56,57)59-47-46-53(3,4)5)61-52(55)45-43-41-39-37-35-33-31-29-27-25-23-21-19-17-15-13-11-9-7-2/h8-11,14-17,20-23,26-29,32-35,38-41,50H,6-7,12-13,18-19,24-25,30-31,36-37,42-49H2,1-5H3/b10-8-,11-9-,16-14-,17-15-,22-20-,23-21-,28-26-,29-27-,34-32-,35-33-,40-38-,41-39-/t50-/m1/s1. The van der Waals surface area contributed by atoms with Gasteiger partial charge in [0.05, 0.1) is 27.7 Å². The minimum absolute atomic E-state index is 0.0652.